The molecule has 90 valence electrons. The van der Waals surface area contributed by atoms with Gasteiger partial charge in [0, 0.05) is 13.7 Å². The molecule has 0 aliphatic rings. The molecule has 1 heterocycles. The highest BCUT2D eigenvalue weighted by Gasteiger charge is 2.09. The zero-order valence-corrected chi connectivity index (χ0v) is 12.2. The fourth-order valence-corrected chi connectivity index (χ4v) is 2.21. The highest BCUT2D eigenvalue weighted by atomic mass is 127. The third-order valence-electron chi connectivity index (χ3n) is 2.12. The van der Waals surface area contributed by atoms with Gasteiger partial charge in [-0.15, -0.1) is 0 Å². The third kappa shape index (κ3) is 3.55. The van der Waals surface area contributed by atoms with Crippen molar-refractivity contribution >= 4 is 28.4 Å². The quantitative estimate of drug-likeness (QED) is 0.641. The molecule has 4 nitrogen and oxygen atoms in total. The summed E-state index contributed by atoms with van der Waals surface area (Å²) in [6.07, 6.45) is 1.93. The average molecular weight is 335 g/mol. The van der Waals surface area contributed by atoms with Crippen LogP contribution < -0.4 is 5.32 Å². The molecule has 16 heavy (non-hydrogen) atoms. The highest BCUT2D eigenvalue weighted by Crippen LogP contribution is 2.19. The van der Waals surface area contributed by atoms with Gasteiger partial charge < -0.3 is 10.1 Å². The van der Waals surface area contributed by atoms with Crippen molar-refractivity contribution in [3.8, 4) is 0 Å². The molecule has 1 aromatic heterocycles. The number of halogens is 1. The van der Waals surface area contributed by atoms with Crippen LogP contribution in [0.3, 0.4) is 0 Å². The van der Waals surface area contributed by atoms with Gasteiger partial charge in [0.2, 0.25) is 0 Å². The largest absolute Gasteiger partial charge is 0.373 e. The summed E-state index contributed by atoms with van der Waals surface area (Å²) in [5.74, 6) is 1.65. The lowest BCUT2D eigenvalue weighted by molar-refractivity contribution is 0.116. The maximum Gasteiger partial charge on any atom is 0.156 e. The Balaban J connectivity index is 2.84. The maximum atomic E-state index is 5.45. The van der Waals surface area contributed by atoms with Crippen LogP contribution >= 0.6 is 22.6 Å². The van der Waals surface area contributed by atoms with Crippen LogP contribution in [-0.2, 0) is 17.8 Å². The number of hydrogen-bond donors (Lipinski definition) is 1. The molecule has 0 amide bonds. The molecule has 0 radical (unpaired) electrons. The molecule has 0 aliphatic carbocycles. The molecule has 0 aromatic carbocycles. The van der Waals surface area contributed by atoms with Gasteiger partial charge in [0.15, 0.2) is 5.82 Å². The molecular formula is C11H18IN3O. The van der Waals surface area contributed by atoms with E-state index in [0.29, 0.717) is 6.61 Å². The minimum atomic E-state index is 0.492. The molecule has 5 heteroatoms. The van der Waals surface area contributed by atoms with Crippen LogP contribution in [0.5, 0.6) is 0 Å². The SMILES string of the molecule is CCCOCc1nc(CC)c(I)c(NC)n1. The number of rotatable bonds is 6. The van der Waals surface area contributed by atoms with Crippen molar-refractivity contribution in [2.75, 3.05) is 19.0 Å². The van der Waals surface area contributed by atoms with Crippen molar-refractivity contribution in [2.45, 2.75) is 33.3 Å². The normalized spacial score (nSPS) is 10.5. The molecule has 0 spiro atoms. The topological polar surface area (TPSA) is 47.0 Å². The van der Waals surface area contributed by atoms with Gasteiger partial charge in [-0.05, 0) is 35.4 Å². The van der Waals surface area contributed by atoms with Crippen molar-refractivity contribution in [3.05, 3.63) is 15.1 Å². The third-order valence-corrected chi connectivity index (χ3v) is 3.25. The van der Waals surface area contributed by atoms with Crippen molar-refractivity contribution in [3.63, 3.8) is 0 Å². The average Bonchev–Trinajstić information content (AvgIpc) is 2.31. The predicted octanol–water partition coefficient (Wildman–Crippen LogP) is 2.61. The van der Waals surface area contributed by atoms with Crippen LogP contribution in [-0.4, -0.2) is 23.6 Å². The van der Waals surface area contributed by atoms with Crippen LogP contribution in [0.15, 0.2) is 0 Å². The number of aryl methyl sites for hydroxylation is 1. The van der Waals surface area contributed by atoms with E-state index in [1.165, 1.54) is 0 Å². The zero-order chi connectivity index (χ0) is 12.0. The van der Waals surface area contributed by atoms with Gasteiger partial charge in [-0.25, -0.2) is 9.97 Å². The Morgan fingerprint density at radius 3 is 2.62 bits per heavy atom. The number of hydrogen-bond acceptors (Lipinski definition) is 4. The Bertz CT molecular complexity index is 319. The summed E-state index contributed by atoms with van der Waals surface area (Å²) in [5, 5.41) is 3.09. The lowest BCUT2D eigenvalue weighted by atomic mass is 10.3. The number of anilines is 1. The molecule has 0 atom stereocenters. The Hall–Kier alpha value is -0.430. The van der Waals surface area contributed by atoms with Gasteiger partial charge in [0.25, 0.3) is 0 Å². The Kier molecular flexibility index (Phi) is 5.97. The molecule has 1 rings (SSSR count). The molecule has 0 saturated carbocycles. The van der Waals surface area contributed by atoms with Crippen molar-refractivity contribution in [1.82, 2.24) is 9.97 Å². The van der Waals surface area contributed by atoms with E-state index in [2.05, 4.69) is 51.7 Å². The van der Waals surface area contributed by atoms with Crippen molar-refractivity contribution in [2.24, 2.45) is 0 Å². The maximum absolute atomic E-state index is 5.45. The summed E-state index contributed by atoms with van der Waals surface area (Å²) in [6, 6.07) is 0. The van der Waals surface area contributed by atoms with E-state index in [1.54, 1.807) is 0 Å². The summed E-state index contributed by atoms with van der Waals surface area (Å²) >= 11 is 2.27. The van der Waals surface area contributed by atoms with E-state index in [-0.39, 0.29) is 0 Å². The van der Waals surface area contributed by atoms with E-state index in [4.69, 9.17) is 4.74 Å². The highest BCUT2D eigenvalue weighted by molar-refractivity contribution is 14.1. The molecule has 1 N–H and O–H groups in total. The fraction of sp³-hybridized carbons (Fsp3) is 0.636. The first kappa shape index (κ1) is 13.6. The van der Waals surface area contributed by atoms with Crippen LogP contribution in [0.1, 0.15) is 31.8 Å². The monoisotopic (exact) mass is 335 g/mol. The standard InChI is InChI=1S/C11H18IN3O/c1-4-6-16-7-9-14-8(5-2)10(12)11(13-3)15-9/h4-7H2,1-3H3,(H,13,14,15). The summed E-state index contributed by atoms with van der Waals surface area (Å²) < 4.78 is 6.55. The number of ether oxygens (including phenoxy) is 1. The van der Waals surface area contributed by atoms with Crippen LogP contribution in [0, 0.1) is 3.57 Å². The van der Waals surface area contributed by atoms with Gasteiger partial charge in [-0.1, -0.05) is 13.8 Å². The second-order valence-corrected chi connectivity index (χ2v) is 4.48. The second-order valence-electron chi connectivity index (χ2n) is 3.41. The first-order valence-electron chi connectivity index (χ1n) is 5.53. The predicted molar refractivity (Wildman–Crippen MR) is 73.6 cm³/mol. The molecule has 1 aromatic rings. The zero-order valence-electron chi connectivity index (χ0n) is 10.0. The van der Waals surface area contributed by atoms with Crippen molar-refractivity contribution in [1.29, 1.82) is 0 Å². The first-order valence-corrected chi connectivity index (χ1v) is 6.61. The number of nitrogens with one attached hydrogen (secondary N) is 1. The molecule has 0 bridgehead atoms. The van der Waals surface area contributed by atoms with Gasteiger partial charge >= 0.3 is 0 Å². The van der Waals surface area contributed by atoms with E-state index in [0.717, 1.165) is 40.4 Å². The van der Waals surface area contributed by atoms with Crippen molar-refractivity contribution < 1.29 is 4.74 Å². The van der Waals surface area contributed by atoms with Crippen LogP contribution in [0.4, 0.5) is 5.82 Å². The van der Waals surface area contributed by atoms with E-state index < -0.39 is 0 Å². The van der Waals surface area contributed by atoms with E-state index in [9.17, 15) is 0 Å². The van der Waals surface area contributed by atoms with Crippen LogP contribution in [0.25, 0.3) is 0 Å². The minimum absolute atomic E-state index is 0.492. The Morgan fingerprint density at radius 1 is 1.31 bits per heavy atom. The smallest absolute Gasteiger partial charge is 0.156 e. The summed E-state index contributed by atoms with van der Waals surface area (Å²) in [7, 11) is 1.88. The minimum Gasteiger partial charge on any atom is -0.373 e. The molecule has 0 unspecified atom stereocenters. The molecule has 0 saturated heterocycles. The second kappa shape index (κ2) is 7.01. The van der Waals surface area contributed by atoms with E-state index in [1.807, 2.05) is 7.05 Å². The lowest BCUT2D eigenvalue weighted by Crippen LogP contribution is -2.08. The molecule has 0 aliphatic heterocycles. The number of aromatic nitrogens is 2. The van der Waals surface area contributed by atoms with E-state index >= 15 is 0 Å². The lowest BCUT2D eigenvalue weighted by Gasteiger charge is -2.10. The van der Waals surface area contributed by atoms with Gasteiger partial charge in [-0.2, -0.15) is 0 Å². The van der Waals surface area contributed by atoms with Crippen LogP contribution in [0.2, 0.25) is 0 Å². The first-order chi connectivity index (χ1) is 7.72. The van der Waals surface area contributed by atoms with Gasteiger partial charge in [0.05, 0.1) is 9.26 Å². The molecule has 0 fully saturated rings. The summed E-state index contributed by atoms with van der Waals surface area (Å²) in [5.41, 5.74) is 1.08. The summed E-state index contributed by atoms with van der Waals surface area (Å²) in [6.45, 7) is 5.43. The summed E-state index contributed by atoms with van der Waals surface area (Å²) in [4.78, 5) is 8.90. The fourth-order valence-electron chi connectivity index (χ4n) is 1.32. The Labute approximate surface area is 110 Å². The Morgan fingerprint density at radius 2 is 2.06 bits per heavy atom. The number of nitrogens with zero attached hydrogens (tertiary/aromatic N) is 2. The van der Waals surface area contributed by atoms with Gasteiger partial charge in [-0.3, -0.25) is 0 Å². The molecular weight excluding hydrogens is 317 g/mol. The van der Waals surface area contributed by atoms with Gasteiger partial charge in [0.1, 0.15) is 12.4 Å².